The molecule has 0 unspecified atom stereocenters. The van der Waals surface area contributed by atoms with Gasteiger partial charge in [-0.1, -0.05) is 64.2 Å². The third kappa shape index (κ3) is 12.4. The van der Waals surface area contributed by atoms with E-state index in [4.69, 9.17) is 0 Å². The monoisotopic (exact) mass is 338 g/mol. The van der Waals surface area contributed by atoms with E-state index in [1.807, 2.05) is 0 Å². The standard InChI is InChI=1S/C20H38N2O2/c1-18(23)14-10-7-5-3-2-4-6-8-13-17-21-20(24)22-19-15-11-9-12-16-19/h19H,2-17H2,1H3,(H2,21,22,24). The number of carbonyl (C=O) groups is 2. The van der Waals surface area contributed by atoms with Gasteiger partial charge in [0.05, 0.1) is 0 Å². The first kappa shape index (κ1) is 21.0. The second-order valence-corrected chi connectivity index (χ2v) is 7.37. The molecule has 1 aliphatic carbocycles. The van der Waals surface area contributed by atoms with Crippen molar-refractivity contribution in [1.82, 2.24) is 10.6 Å². The Balaban J connectivity index is 1.78. The number of ketones is 1. The van der Waals surface area contributed by atoms with Gasteiger partial charge in [0.1, 0.15) is 5.78 Å². The first-order valence-electron chi connectivity index (χ1n) is 10.2. The summed E-state index contributed by atoms with van der Waals surface area (Å²) < 4.78 is 0. The molecule has 0 radical (unpaired) electrons. The van der Waals surface area contributed by atoms with Gasteiger partial charge in [0.25, 0.3) is 0 Å². The van der Waals surface area contributed by atoms with Crippen LogP contribution in [0.1, 0.15) is 103 Å². The molecule has 4 nitrogen and oxygen atoms in total. The third-order valence-electron chi connectivity index (χ3n) is 4.93. The second kappa shape index (κ2) is 14.3. The molecule has 0 aliphatic heterocycles. The predicted molar refractivity (Wildman–Crippen MR) is 100 cm³/mol. The maximum atomic E-state index is 11.8. The number of carbonyl (C=O) groups excluding carboxylic acids is 2. The number of amides is 2. The summed E-state index contributed by atoms with van der Waals surface area (Å²) in [6, 6.07) is 0.418. The fraction of sp³-hybridized carbons (Fsp3) is 0.900. The summed E-state index contributed by atoms with van der Waals surface area (Å²) in [5.74, 6) is 0.316. The molecule has 140 valence electrons. The fourth-order valence-electron chi connectivity index (χ4n) is 3.42. The summed E-state index contributed by atoms with van der Waals surface area (Å²) in [6.45, 7) is 2.47. The van der Waals surface area contributed by atoms with Crippen molar-refractivity contribution in [3.8, 4) is 0 Å². The molecule has 1 fully saturated rings. The Morgan fingerprint density at radius 2 is 1.33 bits per heavy atom. The van der Waals surface area contributed by atoms with Gasteiger partial charge in [-0.3, -0.25) is 0 Å². The molecule has 4 heteroatoms. The molecular weight excluding hydrogens is 300 g/mol. The van der Waals surface area contributed by atoms with Crippen LogP contribution in [-0.4, -0.2) is 24.4 Å². The van der Waals surface area contributed by atoms with Gasteiger partial charge in [-0.05, 0) is 32.6 Å². The molecule has 1 rings (SSSR count). The topological polar surface area (TPSA) is 58.2 Å². The van der Waals surface area contributed by atoms with E-state index in [9.17, 15) is 9.59 Å². The Hall–Kier alpha value is -1.06. The van der Waals surface area contributed by atoms with Gasteiger partial charge in [0.15, 0.2) is 0 Å². The minimum absolute atomic E-state index is 0.0208. The van der Waals surface area contributed by atoms with Gasteiger partial charge in [0.2, 0.25) is 0 Å². The van der Waals surface area contributed by atoms with Crippen LogP contribution in [-0.2, 0) is 4.79 Å². The molecule has 0 saturated heterocycles. The lowest BCUT2D eigenvalue weighted by Gasteiger charge is -2.22. The van der Waals surface area contributed by atoms with Gasteiger partial charge in [0, 0.05) is 19.0 Å². The van der Waals surface area contributed by atoms with Crippen LogP contribution < -0.4 is 10.6 Å². The summed E-state index contributed by atoms with van der Waals surface area (Å²) in [6.07, 6.45) is 17.8. The van der Waals surface area contributed by atoms with E-state index in [2.05, 4.69) is 10.6 Å². The van der Waals surface area contributed by atoms with Crippen LogP contribution in [0.25, 0.3) is 0 Å². The summed E-state index contributed by atoms with van der Waals surface area (Å²) in [4.78, 5) is 22.6. The van der Waals surface area contributed by atoms with Crippen molar-refractivity contribution in [3.05, 3.63) is 0 Å². The summed E-state index contributed by atoms with van der Waals surface area (Å²) in [5.41, 5.74) is 0. The minimum Gasteiger partial charge on any atom is -0.338 e. The lowest BCUT2D eigenvalue weighted by molar-refractivity contribution is -0.117. The molecule has 2 N–H and O–H groups in total. The molecule has 0 aromatic heterocycles. The first-order chi connectivity index (χ1) is 11.7. The zero-order valence-corrected chi connectivity index (χ0v) is 15.7. The van der Waals surface area contributed by atoms with Crippen LogP contribution in [0.2, 0.25) is 0 Å². The van der Waals surface area contributed by atoms with Crippen molar-refractivity contribution >= 4 is 11.8 Å². The number of unbranched alkanes of at least 4 members (excludes halogenated alkanes) is 8. The van der Waals surface area contributed by atoms with Crippen LogP contribution in [0.4, 0.5) is 4.79 Å². The number of rotatable bonds is 13. The highest BCUT2D eigenvalue weighted by Gasteiger charge is 2.14. The van der Waals surface area contributed by atoms with Crippen LogP contribution in [0, 0.1) is 0 Å². The van der Waals surface area contributed by atoms with Crippen molar-refractivity contribution in [2.75, 3.05) is 6.54 Å². The van der Waals surface area contributed by atoms with Gasteiger partial charge < -0.3 is 15.4 Å². The third-order valence-corrected chi connectivity index (χ3v) is 4.93. The van der Waals surface area contributed by atoms with Gasteiger partial charge in [-0.2, -0.15) is 0 Å². The normalized spacial score (nSPS) is 15.2. The second-order valence-electron chi connectivity index (χ2n) is 7.37. The first-order valence-corrected chi connectivity index (χ1v) is 10.2. The highest BCUT2D eigenvalue weighted by Crippen LogP contribution is 2.17. The molecule has 0 bridgehead atoms. The average Bonchev–Trinajstić information content (AvgIpc) is 2.56. The number of hydrogen-bond acceptors (Lipinski definition) is 2. The molecule has 2 amide bonds. The maximum absolute atomic E-state index is 11.8. The Morgan fingerprint density at radius 1 is 0.792 bits per heavy atom. The minimum atomic E-state index is 0.0208. The van der Waals surface area contributed by atoms with Crippen LogP contribution in [0.15, 0.2) is 0 Å². The highest BCUT2D eigenvalue weighted by atomic mass is 16.2. The molecule has 0 atom stereocenters. The molecule has 0 heterocycles. The summed E-state index contributed by atoms with van der Waals surface area (Å²) in [5, 5.41) is 6.08. The molecular formula is C20H38N2O2. The van der Waals surface area contributed by atoms with E-state index in [1.165, 1.54) is 64.2 Å². The molecule has 24 heavy (non-hydrogen) atoms. The van der Waals surface area contributed by atoms with Crippen molar-refractivity contribution in [1.29, 1.82) is 0 Å². The highest BCUT2D eigenvalue weighted by molar-refractivity contribution is 5.75. The molecule has 1 aliphatic rings. The Bertz CT molecular complexity index is 339. The number of Topliss-reactive ketones (excluding diaryl/α,β-unsaturated/α-hetero) is 1. The Labute approximate surface area is 148 Å². The fourth-order valence-corrected chi connectivity index (χ4v) is 3.42. The average molecular weight is 339 g/mol. The quantitative estimate of drug-likeness (QED) is 0.459. The van der Waals surface area contributed by atoms with E-state index in [0.717, 1.165) is 38.6 Å². The molecule has 0 spiro atoms. The number of hydrogen-bond donors (Lipinski definition) is 2. The van der Waals surface area contributed by atoms with Crippen molar-refractivity contribution in [3.63, 3.8) is 0 Å². The van der Waals surface area contributed by atoms with Crippen LogP contribution in [0.5, 0.6) is 0 Å². The van der Waals surface area contributed by atoms with E-state index in [-0.39, 0.29) is 6.03 Å². The van der Waals surface area contributed by atoms with Crippen molar-refractivity contribution in [2.24, 2.45) is 0 Å². The molecule has 0 aromatic carbocycles. The van der Waals surface area contributed by atoms with E-state index in [0.29, 0.717) is 11.8 Å². The predicted octanol–water partition coefficient (Wildman–Crippen LogP) is 5.11. The zero-order chi connectivity index (χ0) is 17.5. The van der Waals surface area contributed by atoms with E-state index >= 15 is 0 Å². The SMILES string of the molecule is CC(=O)CCCCCCCCCCCNC(=O)NC1CCCCC1. The molecule has 0 aromatic rings. The van der Waals surface area contributed by atoms with E-state index < -0.39 is 0 Å². The largest absolute Gasteiger partial charge is 0.338 e. The molecule has 1 saturated carbocycles. The summed E-state index contributed by atoms with van der Waals surface area (Å²) >= 11 is 0. The maximum Gasteiger partial charge on any atom is 0.315 e. The van der Waals surface area contributed by atoms with Crippen LogP contribution in [0.3, 0.4) is 0 Å². The van der Waals surface area contributed by atoms with Gasteiger partial charge >= 0.3 is 6.03 Å². The summed E-state index contributed by atoms with van der Waals surface area (Å²) in [7, 11) is 0. The van der Waals surface area contributed by atoms with Gasteiger partial charge in [-0.15, -0.1) is 0 Å². The van der Waals surface area contributed by atoms with E-state index in [1.54, 1.807) is 6.92 Å². The number of urea groups is 1. The lowest BCUT2D eigenvalue weighted by Crippen LogP contribution is -2.43. The number of nitrogens with one attached hydrogen (secondary N) is 2. The smallest absolute Gasteiger partial charge is 0.315 e. The van der Waals surface area contributed by atoms with Gasteiger partial charge in [-0.25, -0.2) is 4.79 Å². The Morgan fingerprint density at radius 3 is 1.92 bits per heavy atom. The van der Waals surface area contributed by atoms with Crippen LogP contribution >= 0.6 is 0 Å². The van der Waals surface area contributed by atoms with Crippen molar-refractivity contribution in [2.45, 2.75) is 109 Å². The van der Waals surface area contributed by atoms with Crippen molar-refractivity contribution < 1.29 is 9.59 Å². The zero-order valence-electron chi connectivity index (χ0n) is 15.7. The Kier molecular flexibility index (Phi) is 12.5. The lowest BCUT2D eigenvalue weighted by atomic mass is 9.96.